The number of aliphatic hydroxyl groups is 1. The quantitative estimate of drug-likeness (QED) is 0.903. The molecule has 1 heterocycles. The predicted molar refractivity (Wildman–Crippen MR) is 76.9 cm³/mol. The Morgan fingerprint density at radius 3 is 2.65 bits per heavy atom. The van der Waals surface area contributed by atoms with Crippen molar-refractivity contribution in [2.24, 2.45) is 0 Å². The van der Waals surface area contributed by atoms with E-state index in [0.29, 0.717) is 16.8 Å². The molecule has 0 bridgehead atoms. The number of aromatic nitrogens is 1. The second kappa shape index (κ2) is 5.60. The van der Waals surface area contributed by atoms with Crippen molar-refractivity contribution in [2.75, 3.05) is 4.72 Å². The molecule has 0 spiro atoms. The first kappa shape index (κ1) is 14.5. The van der Waals surface area contributed by atoms with Crippen molar-refractivity contribution in [3.05, 3.63) is 53.3 Å². The monoisotopic (exact) mass is 292 g/mol. The highest BCUT2D eigenvalue weighted by Crippen LogP contribution is 2.22. The van der Waals surface area contributed by atoms with Crippen LogP contribution in [0.15, 0.2) is 41.4 Å². The standard InChI is InChI=1S/C14H16N2O3S/c1-10-8-13(6-7-15-10)16-20(18,19)14-5-3-4-12(9-17)11(14)2/h3-8,17H,9H2,1-2H3,(H,15,16). The fourth-order valence-corrected chi connectivity index (χ4v) is 3.28. The minimum Gasteiger partial charge on any atom is -0.392 e. The van der Waals surface area contributed by atoms with Gasteiger partial charge in [-0.15, -0.1) is 0 Å². The van der Waals surface area contributed by atoms with Gasteiger partial charge in [0.1, 0.15) is 0 Å². The van der Waals surface area contributed by atoms with Gasteiger partial charge < -0.3 is 5.11 Å². The minimum absolute atomic E-state index is 0.165. The molecule has 1 aromatic carbocycles. The van der Waals surface area contributed by atoms with Crippen LogP contribution in [-0.4, -0.2) is 18.5 Å². The Morgan fingerprint density at radius 2 is 2.00 bits per heavy atom. The molecule has 0 radical (unpaired) electrons. The fourth-order valence-electron chi connectivity index (χ4n) is 1.94. The molecule has 0 atom stereocenters. The van der Waals surface area contributed by atoms with Crippen LogP contribution in [-0.2, 0) is 16.6 Å². The zero-order valence-electron chi connectivity index (χ0n) is 11.3. The van der Waals surface area contributed by atoms with E-state index in [4.69, 9.17) is 0 Å². The molecule has 2 N–H and O–H groups in total. The lowest BCUT2D eigenvalue weighted by Crippen LogP contribution is -2.15. The highest BCUT2D eigenvalue weighted by Gasteiger charge is 2.18. The average Bonchev–Trinajstić information content (AvgIpc) is 2.38. The first-order valence-corrected chi connectivity index (χ1v) is 7.57. The van der Waals surface area contributed by atoms with Crippen molar-refractivity contribution in [3.63, 3.8) is 0 Å². The van der Waals surface area contributed by atoms with Crippen LogP contribution in [0.25, 0.3) is 0 Å². The first-order chi connectivity index (χ1) is 9.44. The lowest BCUT2D eigenvalue weighted by atomic mass is 10.1. The molecule has 106 valence electrons. The Morgan fingerprint density at radius 1 is 1.25 bits per heavy atom. The summed E-state index contributed by atoms with van der Waals surface area (Å²) < 4.78 is 27.3. The number of sulfonamides is 1. The van der Waals surface area contributed by atoms with Crippen molar-refractivity contribution in [2.45, 2.75) is 25.3 Å². The molecule has 0 aliphatic heterocycles. The molecule has 0 saturated carbocycles. The highest BCUT2D eigenvalue weighted by atomic mass is 32.2. The maximum Gasteiger partial charge on any atom is 0.262 e. The van der Waals surface area contributed by atoms with Crippen LogP contribution in [0.4, 0.5) is 5.69 Å². The fraction of sp³-hybridized carbons (Fsp3) is 0.214. The Labute approximate surface area is 118 Å². The minimum atomic E-state index is -3.68. The molecule has 1 aromatic heterocycles. The molecule has 0 unspecified atom stereocenters. The summed E-state index contributed by atoms with van der Waals surface area (Å²) in [5.41, 5.74) is 2.34. The normalized spacial score (nSPS) is 11.3. The largest absolute Gasteiger partial charge is 0.392 e. The zero-order chi connectivity index (χ0) is 14.8. The number of anilines is 1. The lowest BCUT2D eigenvalue weighted by molar-refractivity contribution is 0.280. The second-order valence-corrected chi connectivity index (χ2v) is 6.14. The van der Waals surface area contributed by atoms with E-state index in [0.717, 1.165) is 5.69 Å². The molecular formula is C14H16N2O3S. The highest BCUT2D eigenvalue weighted by molar-refractivity contribution is 7.92. The van der Waals surface area contributed by atoms with Gasteiger partial charge in [-0.1, -0.05) is 12.1 Å². The zero-order valence-corrected chi connectivity index (χ0v) is 12.1. The Bertz CT molecular complexity index is 727. The van der Waals surface area contributed by atoms with E-state index in [1.54, 1.807) is 44.3 Å². The summed E-state index contributed by atoms with van der Waals surface area (Å²) in [5, 5.41) is 9.21. The summed E-state index contributed by atoms with van der Waals surface area (Å²) >= 11 is 0. The van der Waals surface area contributed by atoms with Gasteiger partial charge in [-0.3, -0.25) is 9.71 Å². The molecule has 20 heavy (non-hydrogen) atoms. The van der Waals surface area contributed by atoms with Crippen LogP contribution in [0.5, 0.6) is 0 Å². The van der Waals surface area contributed by atoms with Crippen molar-refractivity contribution < 1.29 is 13.5 Å². The van der Waals surface area contributed by atoms with E-state index >= 15 is 0 Å². The van der Waals surface area contributed by atoms with E-state index in [-0.39, 0.29) is 11.5 Å². The molecule has 0 fully saturated rings. The van der Waals surface area contributed by atoms with Gasteiger partial charge >= 0.3 is 0 Å². The van der Waals surface area contributed by atoms with Crippen LogP contribution in [0.1, 0.15) is 16.8 Å². The average molecular weight is 292 g/mol. The summed E-state index contributed by atoms with van der Waals surface area (Å²) in [7, 11) is -3.68. The van der Waals surface area contributed by atoms with Gasteiger partial charge in [0.15, 0.2) is 0 Å². The summed E-state index contributed by atoms with van der Waals surface area (Å²) in [5.74, 6) is 0. The maximum atomic E-state index is 12.4. The number of hydrogen-bond donors (Lipinski definition) is 2. The second-order valence-electron chi connectivity index (χ2n) is 4.49. The maximum absolute atomic E-state index is 12.4. The topological polar surface area (TPSA) is 79.3 Å². The number of aliphatic hydroxyl groups excluding tert-OH is 1. The summed E-state index contributed by atoms with van der Waals surface area (Å²) in [4.78, 5) is 4.18. The summed E-state index contributed by atoms with van der Waals surface area (Å²) in [6.45, 7) is 3.27. The van der Waals surface area contributed by atoms with Crippen LogP contribution in [0.2, 0.25) is 0 Å². The number of rotatable bonds is 4. The van der Waals surface area contributed by atoms with Crippen molar-refractivity contribution in [1.29, 1.82) is 0 Å². The van der Waals surface area contributed by atoms with Gasteiger partial charge in [0.25, 0.3) is 10.0 Å². The molecule has 5 nitrogen and oxygen atoms in total. The Balaban J connectivity index is 2.41. The number of nitrogens with zero attached hydrogens (tertiary/aromatic N) is 1. The van der Waals surface area contributed by atoms with E-state index in [9.17, 15) is 13.5 Å². The number of pyridine rings is 1. The number of benzene rings is 1. The molecule has 0 amide bonds. The predicted octanol–water partition coefficient (Wildman–Crippen LogP) is 1.99. The van der Waals surface area contributed by atoms with Crippen molar-refractivity contribution in [1.82, 2.24) is 4.98 Å². The number of nitrogens with one attached hydrogen (secondary N) is 1. The van der Waals surface area contributed by atoms with Gasteiger partial charge in [-0.25, -0.2) is 8.42 Å². The third-order valence-electron chi connectivity index (χ3n) is 3.01. The van der Waals surface area contributed by atoms with Gasteiger partial charge in [-0.2, -0.15) is 0 Å². The summed E-state index contributed by atoms with van der Waals surface area (Å²) in [6.07, 6.45) is 1.55. The lowest BCUT2D eigenvalue weighted by Gasteiger charge is -2.12. The third kappa shape index (κ3) is 2.97. The van der Waals surface area contributed by atoms with Gasteiger partial charge in [-0.05, 0) is 43.2 Å². The van der Waals surface area contributed by atoms with Crippen molar-refractivity contribution >= 4 is 15.7 Å². The van der Waals surface area contributed by atoms with Crippen LogP contribution in [0.3, 0.4) is 0 Å². The van der Waals surface area contributed by atoms with E-state index in [1.165, 1.54) is 6.07 Å². The van der Waals surface area contributed by atoms with Gasteiger partial charge in [0.05, 0.1) is 17.2 Å². The van der Waals surface area contributed by atoms with E-state index in [2.05, 4.69) is 9.71 Å². The third-order valence-corrected chi connectivity index (χ3v) is 4.53. The van der Waals surface area contributed by atoms with E-state index in [1.807, 2.05) is 0 Å². The molecule has 0 saturated heterocycles. The first-order valence-electron chi connectivity index (χ1n) is 6.09. The van der Waals surface area contributed by atoms with Gasteiger partial charge in [0, 0.05) is 11.9 Å². The molecule has 0 aliphatic rings. The molecular weight excluding hydrogens is 276 g/mol. The van der Waals surface area contributed by atoms with E-state index < -0.39 is 10.0 Å². The molecule has 2 rings (SSSR count). The molecule has 0 aliphatic carbocycles. The summed E-state index contributed by atoms with van der Waals surface area (Å²) in [6, 6.07) is 8.08. The molecule has 2 aromatic rings. The van der Waals surface area contributed by atoms with Crippen molar-refractivity contribution in [3.8, 4) is 0 Å². The Hall–Kier alpha value is -1.92. The molecule has 6 heteroatoms. The smallest absolute Gasteiger partial charge is 0.262 e. The van der Waals surface area contributed by atoms with Crippen LogP contribution >= 0.6 is 0 Å². The van der Waals surface area contributed by atoms with Crippen LogP contribution in [0, 0.1) is 13.8 Å². The van der Waals surface area contributed by atoms with Gasteiger partial charge in [0.2, 0.25) is 0 Å². The number of aryl methyl sites for hydroxylation is 1. The Kier molecular flexibility index (Phi) is 4.06. The van der Waals surface area contributed by atoms with Crippen LogP contribution < -0.4 is 4.72 Å². The number of hydrogen-bond acceptors (Lipinski definition) is 4. The SMILES string of the molecule is Cc1cc(NS(=O)(=O)c2cccc(CO)c2C)ccn1.